The number of likely N-dealkylation sites (N-methyl/N-ethyl adjacent to an activating group) is 1. The van der Waals surface area contributed by atoms with E-state index in [4.69, 9.17) is 0 Å². The van der Waals surface area contributed by atoms with Crippen molar-refractivity contribution in [2.75, 3.05) is 13.3 Å². The molecule has 6 heteroatoms. The van der Waals surface area contributed by atoms with Gasteiger partial charge in [0.05, 0.1) is 10.9 Å². The van der Waals surface area contributed by atoms with Gasteiger partial charge in [-0.05, 0) is 49.9 Å². The Kier molecular flexibility index (Phi) is 5.65. The number of carbonyl (C=O) groups excluding carboxylic acids is 1. The number of benzene rings is 2. The maximum absolute atomic E-state index is 12.9. The van der Waals surface area contributed by atoms with Crippen LogP contribution >= 0.6 is 11.8 Å². The summed E-state index contributed by atoms with van der Waals surface area (Å²) in [7, 11) is 1.76. The molecule has 0 N–H and O–H groups in total. The van der Waals surface area contributed by atoms with Crippen molar-refractivity contribution in [3.63, 3.8) is 0 Å². The SMILES string of the molecule is CSc1ccc(CN(C)C(=O)C(C)n2c(C)nc3ccccc3c2=O)cc1. The molecule has 1 aromatic heterocycles. The highest BCUT2D eigenvalue weighted by atomic mass is 32.2. The number of aromatic nitrogens is 2. The summed E-state index contributed by atoms with van der Waals surface area (Å²) in [5.74, 6) is 0.420. The summed E-state index contributed by atoms with van der Waals surface area (Å²) in [5, 5.41) is 0.526. The van der Waals surface area contributed by atoms with E-state index in [0.717, 1.165) is 5.56 Å². The topological polar surface area (TPSA) is 55.2 Å². The van der Waals surface area contributed by atoms with E-state index in [1.807, 2.05) is 48.7 Å². The van der Waals surface area contributed by atoms with Gasteiger partial charge in [0, 0.05) is 18.5 Å². The van der Waals surface area contributed by atoms with Crippen LogP contribution in [0.2, 0.25) is 0 Å². The molecule has 1 atom stereocenters. The number of rotatable bonds is 5. The van der Waals surface area contributed by atoms with Crippen molar-refractivity contribution in [1.29, 1.82) is 0 Å². The van der Waals surface area contributed by atoms with Gasteiger partial charge in [0.15, 0.2) is 0 Å². The van der Waals surface area contributed by atoms with Crippen LogP contribution in [0.5, 0.6) is 0 Å². The Hall–Kier alpha value is -2.60. The molecule has 2 aromatic carbocycles. The number of amides is 1. The van der Waals surface area contributed by atoms with Crippen LogP contribution in [0, 0.1) is 6.92 Å². The van der Waals surface area contributed by atoms with E-state index in [0.29, 0.717) is 23.3 Å². The standard InChI is InChI=1S/C21H23N3O2S/c1-14(20(25)23(3)13-16-9-11-17(27-4)12-10-16)24-15(2)22-19-8-6-5-7-18(19)21(24)26/h5-12,14H,13H2,1-4H3. The van der Waals surface area contributed by atoms with E-state index in [1.165, 1.54) is 9.46 Å². The Morgan fingerprint density at radius 2 is 1.85 bits per heavy atom. The smallest absolute Gasteiger partial charge is 0.262 e. The average molecular weight is 382 g/mol. The summed E-state index contributed by atoms with van der Waals surface area (Å²) in [5.41, 5.74) is 1.52. The van der Waals surface area contributed by atoms with Gasteiger partial charge in [-0.2, -0.15) is 0 Å². The van der Waals surface area contributed by atoms with Crippen LogP contribution in [0.25, 0.3) is 10.9 Å². The maximum Gasteiger partial charge on any atom is 0.262 e. The first kappa shape index (κ1) is 19.2. The summed E-state index contributed by atoms with van der Waals surface area (Å²) in [6, 6.07) is 14.7. The molecule has 0 saturated heterocycles. The van der Waals surface area contributed by atoms with Gasteiger partial charge in [-0.3, -0.25) is 14.2 Å². The Morgan fingerprint density at radius 3 is 2.52 bits per heavy atom. The lowest BCUT2D eigenvalue weighted by Gasteiger charge is -2.24. The third-order valence-corrected chi connectivity index (χ3v) is 5.43. The maximum atomic E-state index is 12.9. The lowest BCUT2D eigenvalue weighted by atomic mass is 10.2. The lowest BCUT2D eigenvalue weighted by molar-refractivity contribution is -0.133. The molecule has 3 aromatic rings. The lowest BCUT2D eigenvalue weighted by Crippen LogP contribution is -2.38. The molecule has 0 radical (unpaired) electrons. The van der Waals surface area contributed by atoms with Crippen LogP contribution in [-0.4, -0.2) is 33.7 Å². The average Bonchev–Trinajstić information content (AvgIpc) is 2.67. The highest BCUT2D eigenvalue weighted by Crippen LogP contribution is 2.17. The first-order valence-electron chi connectivity index (χ1n) is 8.78. The molecule has 5 nitrogen and oxygen atoms in total. The van der Waals surface area contributed by atoms with Crippen molar-refractivity contribution >= 4 is 28.6 Å². The van der Waals surface area contributed by atoms with Crippen LogP contribution in [0.15, 0.2) is 58.2 Å². The zero-order valence-electron chi connectivity index (χ0n) is 16.0. The minimum atomic E-state index is -0.620. The number of carbonyl (C=O) groups is 1. The molecule has 1 heterocycles. The molecule has 0 aliphatic carbocycles. The molecule has 0 aliphatic rings. The van der Waals surface area contributed by atoms with Crippen molar-refractivity contribution < 1.29 is 4.79 Å². The first-order valence-corrected chi connectivity index (χ1v) is 10.0. The summed E-state index contributed by atoms with van der Waals surface area (Å²) >= 11 is 1.68. The van der Waals surface area contributed by atoms with Gasteiger partial charge >= 0.3 is 0 Å². The third-order valence-electron chi connectivity index (χ3n) is 4.68. The molecule has 0 aliphatic heterocycles. The highest BCUT2D eigenvalue weighted by Gasteiger charge is 2.23. The molecule has 0 fully saturated rings. The number of thioether (sulfide) groups is 1. The summed E-state index contributed by atoms with van der Waals surface area (Å²) in [4.78, 5) is 33.2. The fraction of sp³-hybridized carbons (Fsp3) is 0.286. The Balaban J connectivity index is 1.86. The second-order valence-electron chi connectivity index (χ2n) is 6.57. The number of nitrogens with zero attached hydrogens (tertiary/aromatic N) is 3. The van der Waals surface area contributed by atoms with Crippen molar-refractivity contribution in [3.05, 3.63) is 70.3 Å². The van der Waals surface area contributed by atoms with Crippen LogP contribution in [0.3, 0.4) is 0 Å². The molecule has 140 valence electrons. The number of hydrogen-bond acceptors (Lipinski definition) is 4. The molecule has 0 saturated carbocycles. The Morgan fingerprint density at radius 1 is 1.19 bits per heavy atom. The summed E-state index contributed by atoms with van der Waals surface area (Å²) < 4.78 is 1.48. The second kappa shape index (κ2) is 7.96. The van der Waals surface area contributed by atoms with Crippen LogP contribution in [0.4, 0.5) is 0 Å². The molecular formula is C21H23N3O2S. The fourth-order valence-corrected chi connectivity index (χ4v) is 3.63. The van der Waals surface area contributed by atoms with E-state index in [-0.39, 0.29) is 11.5 Å². The van der Waals surface area contributed by atoms with E-state index in [9.17, 15) is 9.59 Å². The predicted molar refractivity (Wildman–Crippen MR) is 110 cm³/mol. The van der Waals surface area contributed by atoms with Gasteiger partial charge in [-0.1, -0.05) is 24.3 Å². The van der Waals surface area contributed by atoms with Crippen molar-refractivity contribution in [2.45, 2.75) is 31.3 Å². The van der Waals surface area contributed by atoms with Gasteiger partial charge < -0.3 is 4.90 Å². The highest BCUT2D eigenvalue weighted by molar-refractivity contribution is 7.98. The second-order valence-corrected chi connectivity index (χ2v) is 7.45. The Bertz CT molecular complexity index is 1030. The zero-order valence-corrected chi connectivity index (χ0v) is 16.8. The van der Waals surface area contributed by atoms with Crippen molar-refractivity contribution in [2.24, 2.45) is 0 Å². The molecule has 27 heavy (non-hydrogen) atoms. The molecule has 0 bridgehead atoms. The van der Waals surface area contributed by atoms with Gasteiger partial charge in [0.1, 0.15) is 11.9 Å². The van der Waals surface area contributed by atoms with E-state index in [2.05, 4.69) is 4.98 Å². The first-order chi connectivity index (χ1) is 12.9. The van der Waals surface area contributed by atoms with E-state index >= 15 is 0 Å². The molecule has 3 rings (SSSR count). The summed E-state index contributed by atoms with van der Waals surface area (Å²) in [6.45, 7) is 4.01. The Labute approximate surface area is 163 Å². The number of para-hydroxylation sites is 1. The molecule has 1 amide bonds. The monoisotopic (exact) mass is 381 g/mol. The van der Waals surface area contributed by atoms with E-state index in [1.54, 1.807) is 43.6 Å². The predicted octanol–water partition coefficient (Wildman–Crippen LogP) is 3.65. The largest absolute Gasteiger partial charge is 0.340 e. The molecule has 1 unspecified atom stereocenters. The van der Waals surface area contributed by atoms with Crippen LogP contribution in [-0.2, 0) is 11.3 Å². The van der Waals surface area contributed by atoms with Gasteiger partial charge in [0.2, 0.25) is 5.91 Å². The van der Waals surface area contributed by atoms with Crippen molar-refractivity contribution in [1.82, 2.24) is 14.5 Å². The number of hydrogen-bond donors (Lipinski definition) is 0. The van der Waals surface area contributed by atoms with Crippen LogP contribution < -0.4 is 5.56 Å². The van der Waals surface area contributed by atoms with Gasteiger partial charge in [-0.25, -0.2) is 4.98 Å². The third kappa shape index (κ3) is 3.90. The number of aryl methyl sites for hydroxylation is 1. The van der Waals surface area contributed by atoms with Gasteiger partial charge in [0.25, 0.3) is 5.56 Å². The quantitative estimate of drug-likeness (QED) is 0.633. The fourth-order valence-electron chi connectivity index (χ4n) is 3.23. The minimum Gasteiger partial charge on any atom is -0.340 e. The van der Waals surface area contributed by atoms with Crippen molar-refractivity contribution in [3.8, 4) is 0 Å². The zero-order chi connectivity index (χ0) is 19.6. The number of fused-ring (bicyclic) bond motifs is 1. The molecule has 0 spiro atoms. The van der Waals surface area contributed by atoms with Crippen LogP contribution in [0.1, 0.15) is 24.4 Å². The normalized spacial score (nSPS) is 12.1. The van der Waals surface area contributed by atoms with E-state index < -0.39 is 6.04 Å². The summed E-state index contributed by atoms with van der Waals surface area (Å²) in [6.07, 6.45) is 2.03. The van der Waals surface area contributed by atoms with Gasteiger partial charge in [-0.15, -0.1) is 11.8 Å². The molecular weight excluding hydrogens is 358 g/mol. The minimum absolute atomic E-state index is 0.119.